The Labute approximate surface area is 162 Å². The molecule has 0 saturated heterocycles. The van der Waals surface area contributed by atoms with Crippen LogP contribution >= 0.6 is 23.2 Å². The lowest BCUT2D eigenvalue weighted by molar-refractivity contribution is 0.679. The molecule has 0 aliphatic rings. The van der Waals surface area contributed by atoms with Gasteiger partial charge in [-0.3, -0.25) is 9.39 Å². The van der Waals surface area contributed by atoms with Crippen molar-refractivity contribution in [3.8, 4) is 0 Å². The first-order chi connectivity index (χ1) is 12.6. The summed E-state index contributed by atoms with van der Waals surface area (Å²) in [6.07, 6.45) is 2.69. The van der Waals surface area contributed by atoms with Crippen molar-refractivity contribution in [3.05, 3.63) is 64.0 Å². The number of hydrogen-bond acceptors (Lipinski definition) is 3. The molecule has 0 aliphatic carbocycles. The molecule has 2 N–H and O–H groups in total. The molecule has 6 nitrogen and oxygen atoms in total. The average Bonchev–Trinajstić information content (AvgIpc) is 3.06. The number of guanidine groups is 1. The zero-order chi connectivity index (χ0) is 18.5. The van der Waals surface area contributed by atoms with Gasteiger partial charge in [0.25, 0.3) is 0 Å². The Morgan fingerprint density at radius 2 is 2.04 bits per heavy atom. The van der Waals surface area contributed by atoms with Crippen LogP contribution in [0.1, 0.15) is 24.4 Å². The summed E-state index contributed by atoms with van der Waals surface area (Å²) >= 11 is 12.1. The number of benzene rings is 1. The predicted octanol–water partition coefficient (Wildman–Crippen LogP) is 3.50. The first kappa shape index (κ1) is 18.5. The van der Waals surface area contributed by atoms with E-state index in [2.05, 4.69) is 25.8 Å². The largest absolute Gasteiger partial charge is 0.356 e. The Kier molecular flexibility index (Phi) is 5.96. The van der Waals surface area contributed by atoms with Gasteiger partial charge in [-0.25, -0.2) is 0 Å². The maximum atomic E-state index is 6.10. The first-order valence-electron chi connectivity index (χ1n) is 8.29. The molecule has 1 unspecified atom stereocenters. The zero-order valence-corrected chi connectivity index (χ0v) is 16.1. The molecule has 0 aliphatic heterocycles. The Morgan fingerprint density at radius 1 is 1.19 bits per heavy atom. The molecule has 2 heterocycles. The molecule has 2 aromatic heterocycles. The monoisotopic (exact) mass is 390 g/mol. The number of aliphatic imine (C=N–C) groups is 1. The summed E-state index contributed by atoms with van der Waals surface area (Å²) in [6.45, 7) is 2.72. The maximum absolute atomic E-state index is 6.10. The second-order valence-electron chi connectivity index (χ2n) is 5.83. The number of fused-ring (bicyclic) bond motifs is 1. The van der Waals surface area contributed by atoms with Crippen LogP contribution in [-0.2, 0) is 6.42 Å². The quantitative estimate of drug-likeness (QED) is 0.516. The van der Waals surface area contributed by atoms with E-state index in [4.69, 9.17) is 23.2 Å². The summed E-state index contributed by atoms with van der Waals surface area (Å²) in [5, 5.41) is 16.1. The molecule has 0 fully saturated rings. The number of nitrogens with zero attached hydrogens (tertiary/aromatic N) is 4. The van der Waals surface area contributed by atoms with E-state index in [0.29, 0.717) is 22.5 Å². The van der Waals surface area contributed by atoms with Gasteiger partial charge in [-0.15, -0.1) is 10.2 Å². The van der Waals surface area contributed by atoms with Gasteiger partial charge < -0.3 is 10.6 Å². The van der Waals surface area contributed by atoms with Gasteiger partial charge in [0.15, 0.2) is 11.6 Å². The van der Waals surface area contributed by atoms with Gasteiger partial charge >= 0.3 is 0 Å². The Hall–Kier alpha value is -2.31. The maximum Gasteiger partial charge on any atom is 0.191 e. The molecule has 3 aromatic rings. The SMILES string of the molecule is CN=C(NCCc1nnc2ccccn12)NC(C)c1ccc(Cl)c(Cl)c1. The molecule has 8 heteroatoms. The van der Waals surface area contributed by atoms with E-state index in [-0.39, 0.29) is 6.04 Å². The topological polar surface area (TPSA) is 66.6 Å². The van der Waals surface area contributed by atoms with Crippen LogP contribution in [-0.4, -0.2) is 34.2 Å². The van der Waals surface area contributed by atoms with Crippen LogP contribution in [0.25, 0.3) is 5.65 Å². The fourth-order valence-corrected chi connectivity index (χ4v) is 2.93. The van der Waals surface area contributed by atoms with E-state index in [1.165, 1.54) is 0 Å². The number of nitrogens with one attached hydrogen (secondary N) is 2. The van der Waals surface area contributed by atoms with Crippen molar-refractivity contribution in [3.63, 3.8) is 0 Å². The van der Waals surface area contributed by atoms with Crippen LogP contribution in [0.2, 0.25) is 10.0 Å². The van der Waals surface area contributed by atoms with Crippen molar-refractivity contribution in [2.24, 2.45) is 4.99 Å². The van der Waals surface area contributed by atoms with Crippen LogP contribution in [0.5, 0.6) is 0 Å². The third kappa shape index (κ3) is 4.26. The third-order valence-corrected chi connectivity index (χ3v) is 4.78. The predicted molar refractivity (Wildman–Crippen MR) is 106 cm³/mol. The molecule has 0 bridgehead atoms. The van der Waals surface area contributed by atoms with E-state index in [1.54, 1.807) is 13.1 Å². The van der Waals surface area contributed by atoms with E-state index >= 15 is 0 Å². The minimum atomic E-state index is 0.0323. The van der Waals surface area contributed by atoms with Crippen molar-refractivity contribution in [1.82, 2.24) is 25.2 Å². The van der Waals surface area contributed by atoms with Crippen LogP contribution < -0.4 is 10.6 Å². The number of pyridine rings is 1. The normalized spacial score (nSPS) is 13.0. The zero-order valence-electron chi connectivity index (χ0n) is 14.6. The highest BCUT2D eigenvalue weighted by Crippen LogP contribution is 2.25. The van der Waals surface area contributed by atoms with Gasteiger partial charge in [0, 0.05) is 26.2 Å². The number of halogens is 2. The van der Waals surface area contributed by atoms with Gasteiger partial charge in [-0.05, 0) is 36.8 Å². The smallest absolute Gasteiger partial charge is 0.191 e. The molecule has 0 radical (unpaired) electrons. The first-order valence-corrected chi connectivity index (χ1v) is 9.05. The highest BCUT2D eigenvalue weighted by molar-refractivity contribution is 6.42. The van der Waals surface area contributed by atoms with Crippen molar-refractivity contribution in [2.75, 3.05) is 13.6 Å². The Morgan fingerprint density at radius 3 is 2.81 bits per heavy atom. The molecule has 26 heavy (non-hydrogen) atoms. The van der Waals surface area contributed by atoms with Crippen LogP contribution in [0.3, 0.4) is 0 Å². The molecular weight excluding hydrogens is 371 g/mol. The van der Waals surface area contributed by atoms with Gasteiger partial charge in [0.05, 0.1) is 16.1 Å². The average molecular weight is 391 g/mol. The van der Waals surface area contributed by atoms with Crippen LogP contribution in [0, 0.1) is 0 Å². The van der Waals surface area contributed by atoms with Crippen molar-refractivity contribution < 1.29 is 0 Å². The fraction of sp³-hybridized carbons (Fsp3) is 0.278. The van der Waals surface area contributed by atoms with Crippen LogP contribution in [0.15, 0.2) is 47.6 Å². The minimum absolute atomic E-state index is 0.0323. The summed E-state index contributed by atoms with van der Waals surface area (Å²) in [7, 11) is 1.74. The summed E-state index contributed by atoms with van der Waals surface area (Å²) in [6, 6.07) is 11.5. The second kappa shape index (κ2) is 8.38. The highest BCUT2D eigenvalue weighted by Gasteiger charge is 2.10. The summed E-state index contributed by atoms with van der Waals surface area (Å²) in [5.41, 5.74) is 1.88. The second-order valence-corrected chi connectivity index (χ2v) is 6.65. The molecule has 0 amide bonds. The van der Waals surface area contributed by atoms with Crippen molar-refractivity contribution in [2.45, 2.75) is 19.4 Å². The summed E-state index contributed by atoms with van der Waals surface area (Å²) in [5.74, 6) is 1.61. The summed E-state index contributed by atoms with van der Waals surface area (Å²) < 4.78 is 1.98. The fourth-order valence-electron chi connectivity index (χ4n) is 2.62. The van der Waals surface area contributed by atoms with Gasteiger partial charge in [-0.1, -0.05) is 35.3 Å². The lowest BCUT2D eigenvalue weighted by Crippen LogP contribution is -2.39. The summed E-state index contributed by atoms with van der Waals surface area (Å²) in [4.78, 5) is 4.27. The third-order valence-electron chi connectivity index (χ3n) is 4.05. The lowest BCUT2D eigenvalue weighted by Gasteiger charge is -2.18. The van der Waals surface area contributed by atoms with E-state index in [0.717, 1.165) is 23.5 Å². The molecule has 0 spiro atoms. The Bertz CT molecular complexity index is 921. The standard InChI is InChI=1S/C18H20Cl2N6/c1-12(13-6-7-14(19)15(20)11-13)23-18(21-2)22-9-8-17-25-24-16-5-3-4-10-26(16)17/h3-7,10-12H,8-9H2,1-2H3,(H2,21,22,23). The van der Waals surface area contributed by atoms with E-state index in [1.807, 2.05) is 47.9 Å². The van der Waals surface area contributed by atoms with E-state index < -0.39 is 0 Å². The number of hydrogen-bond donors (Lipinski definition) is 2. The molecule has 136 valence electrons. The molecular formula is C18H20Cl2N6. The van der Waals surface area contributed by atoms with Gasteiger partial charge in [0.1, 0.15) is 5.82 Å². The molecule has 1 atom stereocenters. The highest BCUT2D eigenvalue weighted by atomic mass is 35.5. The Balaban J connectivity index is 1.57. The minimum Gasteiger partial charge on any atom is -0.356 e. The van der Waals surface area contributed by atoms with Gasteiger partial charge in [0.2, 0.25) is 0 Å². The van der Waals surface area contributed by atoms with Crippen molar-refractivity contribution in [1.29, 1.82) is 0 Å². The van der Waals surface area contributed by atoms with E-state index in [9.17, 15) is 0 Å². The number of rotatable bonds is 5. The number of aromatic nitrogens is 3. The van der Waals surface area contributed by atoms with Crippen molar-refractivity contribution >= 4 is 34.8 Å². The van der Waals surface area contributed by atoms with Crippen LogP contribution in [0.4, 0.5) is 0 Å². The lowest BCUT2D eigenvalue weighted by atomic mass is 10.1. The molecule has 0 saturated carbocycles. The molecule has 3 rings (SSSR count). The van der Waals surface area contributed by atoms with Gasteiger partial charge in [-0.2, -0.15) is 0 Å². The molecule has 1 aromatic carbocycles.